The smallest absolute Gasteiger partial charge is 0.223 e. The fraction of sp³-hybridized carbons (Fsp3) is 0.476. The summed E-state index contributed by atoms with van der Waals surface area (Å²) < 4.78 is 28.2. The number of benzene rings is 1. The van der Waals surface area contributed by atoms with E-state index < -0.39 is 15.3 Å². The van der Waals surface area contributed by atoms with Crippen molar-refractivity contribution in [2.24, 2.45) is 0 Å². The van der Waals surface area contributed by atoms with Crippen LogP contribution in [0.3, 0.4) is 0 Å². The molecule has 0 aliphatic carbocycles. The van der Waals surface area contributed by atoms with E-state index in [9.17, 15) is 13.2 Å². The molecule has 1 aliphatic heterocycles. The van der Waals surface area contributed by atoms with Crippen LogP contribution < -0.4 is 0 Å². The van der Waals surface area contributed by atoms with Crippen molar-refractivity contribution in [3.05, 3.63) is 59.4 Å². The van der Waals surface area contributed by atoms with Gasteiger partial charge in [0.1, 0.15) is 0 Å². The number of amides is 1. The number of sulfonamides is 1. The maximum atomic E-state index is 13.0. The molecule has 6 nitrogen and oxygen atoms in total. The predicted molar refractivity (Wildman–Crippen MR) is 115 cm³/mol. The Hall–Kier alpha value is -1.83. The molecule has 0 spiro atoms. The molecule has 0 radical (unpaired) electrons. The first-order chi connectivity index (χ1) is 13.8. The van der Waals surface area contributed by atoms with Gasteiger partial charge in [0.25, 0.3) is 0 Å². The molecule has 3 rings (SSSR count). The van der Waals surface area contributed by atoms with Crippen LogP contribution in [0.15, 0.2) is 48.8 Å². The topological polar surface area (TPSA) is 62.6 Å². The van der Waals surface area contributed by atoms with Gasteiger partial charge in [-0.3, -0.25) is 4.79 Å². The van der Waals surface area contributed by atoms with Gasteiger partial charge in [-0.05, 0) is 43.7 Å². The monoisotopic (exact) mass is 437 g/mol. The normalized spacial score (nSPS) is 16.9. The van der Waals surface area contributed by atoms with Crippen molar-refractivity contribution in [2.45, 2.75) is 38.0 Å². The molecule has 8 heteroatoms. The van der Waals surface area contributed by atoms with Crippen LogP contribution >= 0.6 is 11.6 Å². The number of halogens is 1. The number of rotatable bonds is 7. The lowest BCUT2D eigenvalue weighted by Gasteiger charge is -2.35. The molecule has 0 bridgehead atoms. The molecule has 1 amide bonds. The molecule has 2 aromatic rings. The van der Waals surface area contributed by atoms with Gasteiger partial charge in [-0.2, -0.15) is 4.31 Å². The van der Waals surface area contributed by atoms with Gasteiger partial charge in [0.2, 0.25) is 15.9 Å². The average Bonchev–Trinajstić information content (AvgIpc) is 3.21. The van der Waals surface area contributed by atoms with Crippen molar-refractivity contribution in [1.82, 2.24) is 13.8 Å². The summed E-state index contributed by atoms with van der Waals surface area (Å²) in [5.41, 5.74) is 1.07. The van der Waals surface area contributed by atoms with E-state index in [-0.39, 0.29) is 11.8 Å². The van der Waals surface area contributed by atoms with Gasteiger partial charge in [0.15, 0.2) is 0 Å². The van der Waals surface area contributed by atoms with Gasteiger partial charge in [-0.15, -0.1) is 0 Å². The minimum absolute atomic E-state index is 0.0181. The molecule has 1 aromatic carbocycles. The molecule has 29 heavy (non-hydrogen) atoms. The van der Waals surface area contributed by atoms with E-state index in [1.807, 2.05) is 48.8 Å². The molecular weight excluding hydrogens is 410 g/mol. The van der Waals surface area contributed by atoms with Crippen LogP contribution in [-0.4, -0.2) is 59.5 Å². The summed E-state index contributed by atoms with van der Waals surface area (Å²) in [5, 5.41) is 0.225. The molecule has 0 saturated carbocycles. The Bertz CT molecular complexity index is 903. The molecule has 158 valence electrons. The van der Waals surface area contributed by atoms with Crippen molar-refractivity contribution in [3.8, 4) is 0 Å². The Morgan fingerprint density at radius 3 is 2.17 bits per heavy atom. The lowest BCUT2D eigenvalue weighted by atomic mass is 9.94. The van der Waals surface area contributed by atoms with E-state index >= 15 is 0 Å². The summed E-state index contributed by atoms with van der Waals surface area (Å²) in [6.07, 6.45) is 4.35. The summed E-state index contributed by atoms with van der Waals surface area (Å²) in [7, 11) is -3.27. The zero-order chi connectivity index (χ0) is 21.0. The first-order valence-electron chi connectivity index (χ1n) is 9.90. The minimum Gasteiger partial charge on any atom is -0.354 e. The summed E-state index contributed by atoms with van der Waals surface area (Å²) in [5.74, 6) is 0.0725. The van der Waals surface area contributed by atoms with Crippen LogP contribution in [0, 0.1) is 0 Å². The van der Waals surface area contributed by atoms with E-state index in [0.29, 0.717) is 44.2 Å². The van der Waals surface area contributed by atoms with E-state index in [2.05, 4.69) is 4.57 Å². The van der Waals surface area contributed by atoms with E-state index in [1.165, 1.54) is 4.31 Å². The second kappa shape index (κ2) is 9.32. The van der Waals surface area contributed by atoms with Crippen LogP contribution in [0.1, 0.15) is 31.7 Å². The number of hydrogen-bond donors (Lipinski definition) is 0. The maximum absolute atomic E-state index is 13.0. The molecule has 1 saturated heterocycles. The predicted octanol–water partition coefficient (Wildman–Crippen LogP) is 3.20. The van der Waals surface area contributed by atoms with Crippen LogP contribution in [0.25, 0.3) is 0 Å². The molecule has 0 N–H and O–H groups in total. The molecule has 0 unspecified atom stereocenters. The van der Waals surface area contributed by atoms with Gasteiger partial charge in [-0.25, -0.2) is 8.42 Å². The second-order valence-electron chi connectivity index (χ2n) is 7.71. The lowest BCUT2D eigenvalue weighted by molar-refractivity contribution is -0.132. The first-order valence-corrected chi connectivity index (χ1v) is 11.8. The van der Waals surface area contributed by atoms with Crippen LogP contribution in [0.2, 0.25) is 5.02 Å². The van der Waals surface area contributed by atoms with Crippen molar-refractivity contribution in [2.75, 3.05) is 26.2 Å². The number of nitrogens with zero attached hydrogens (tertiary/aromatic N) is 3. The van der Waals surface area contributed by atoms with Crippen molar-refractivity contribution in [1.29, 1.82) is 0 Å². The third-order valence-electron chi connectivity index (χ3n) is 5.41. The lowest BCUT2D eigenvalue weighted by Crippen LogP contribution is -2.52. The third-order valence-corrected chi connectivity index (χ3v) is 7.94. The molecular formula is C21H28ClN3O3S. The molecule has 1 aromatic heterocycles. The highest BCUT2D eigenvalue weighted by Crippen LogP contribution is 2.25. The summed E-state index contributed by atoms with van der Waals surface area (Å²) in [6.45, 7) is 5.64. The zero-order valence-corrected chi connectivity index (χ0v) is 18.4. The quantitative estimate of drug-likeness (QED) is 0.668. The Kier molecular flexibility index (Phi) is 7.03. The molecule has 2 heterocycles. The van der Waals surface area contributed by atoms with E-state index in [4.69, 9.17) is 11.6 Å². The fourth-order valence-corrected chi connectivity index (χ4v) is 4.99. The Labute approximate surface area is 178 Å². The minimum atomic E-state index is -3.27. The third kappa shape index (κ3) is 5.41. The summed E-state index contributed by atoms with van der Waals surface area (Å²) in [6, 6.07) is 11.6. The molecule has 1 fully saturated rings. The summed E-state index contributed by atoms with van der Waals surface area (Å²) >= 11 is 6.03. The zero-order valence-electron chi connectivity index (χ0n) is 16.9. The Balaban J connectivity index is 1.66. The van der Waals surface area contributed by atoms with Gasteiger partial charge in [0.05, 0.1) is 5.25 Å². The van der Waals surface area contributed by atoms with Crippen molar-refractivity contribution < 1.29 is 13.2 Å². The van der Waals surface area contributed by atoms with Crippen LogP contribution in [0.5, 0.6) is 0 Å². The first kappa shape index (κ1) is 21.9. The van der Waals surface area contributed by atoms with E-state index in [0.717, 1.165) is 5.56 Å². The average molecular weight is 438 g/mol. The second-order valence-corrected chi connectivity index (χ2v) is 10.6. The largest absolute Gasteiger partial charge is 0.354 e. The van der Waals surface area contributed by atoms with Gasteiger partial charge in [-0.1, -0.05) is 23.7 Å². The molecule has 1 aliphatic rings. The number of carbonyl (C=O) groups excluding carboxylic acids is 1. The van der Waals surface area contributed by atoms with Gasteiger partial charge in [0, 0.05) is 62.5 Å². The number of piperazine rings is 1. The van der Waals surface area contributed by atoms with E-state index in [1.54, 1.807) is 18.7 Å². The maximum Gasteiger partial charge on any atom is 0.223 e. The number of aromatic nitrogens is 1. The summed E-state index contributed by atoms with van der Waals surface area (Å²) in [4.78, 5) is 14.8. The highest BCUT2D eigenvalue weighted by atomic mass is 35.5. The fourth-order valence-electron chi connectivity index (χ4n) is 3.60. The molecule has 1 atom stereocenters. The Morgan fingerprint density at radius 2 is 1.62 bits per heavy atom. The SMILES string of the molecule is CC(C)S(=O)(=O)N1CCN(C(=O)C[C@H](Cn2cccc2)c2ccc(Cl)cc2)CC1. The van der Waals surface area contributed by atoms with Crippen molar-refractivity contribution in [3.63, 3.8) is 0 Å². The number of hydrogen-bond acceptors (Lipinski definition) is 3. The van der Waals surface area contributed by atoms with Gasteiger partial charge >= 0.3 is 0 Å². The highest BCUT2D eigenvalue weighted by molar-refractivity contribution is 7.89. The standard InChI is InChI=1S/C21H28ClN3O3S/c1-17(2)29(27,28)25-13-11-24(12-14-25)21(26)15-19(16-23-9-3-4-10-23)18-5-7-20(22)8-6-18/h3-10,17,19H,11-16H2,1-2H3/t19-/m1/s1. The van der Waals surface area contributed by atoms with Gasteiger partial charge < -0.3 is 9.47 Å². The number of carbonyl (C=O) groups is 1. The highest BCUT2D eigenvalue weighted by Gasteiger charge is 2.31. The van der Waals surface area contributed by atoms with Crippen LogP contribution in [-0.2, 0) is 21.4 Å². The Morgan fingerprint density at radius 1 is 1.03 bits per heavy atom. The van der Waals surface area contributed by atoms with Crippen LogP contribution in [0.4, 0.5) is 0 Å². The van der Waals surface area contributed by atoms with Crippen molar-refractivity contribution >= 4 is 27.5 Å².